The fourth-order valence-corrected chi connectivity index (χ4v) is 4.86. The maximum atomic E-state index is 14.5. The smallest absolute Gasteiger partial charge is 0.104 e. The summed E-state index contributed by atoms with van der Waals surface area (Å²) in [5.41, 5.74) is 5.70. The normalized spacial score (nSPS) is 17.7. The lowest BCUT2D eigenvalue weighted by atomic mass is 10.0. The highest BCUT2D eigenvalue weighted by Crippen LogP contribution is 2.30. The molecule has 0 amide bonds. The van der Waals surface area contributed by atoms with E-state index in [9.17, 15) is 8.78 Å². The number of allylic oxidation sites excluding steroid dienone is 3. The Morgan fingerprint density at radius 3 is 2.87 bits per heavy atom. The van der Waals surface area contributed by atoms with Crippen molar-refractivity contribution in [3.8, 4) is 0 Å². The molecular formula is C30H42F2N6. The lowest BCUT2D eigenvalue weighted by Gasteiger charge is -2.33. The predicted molar refractivity (Wildman–Crippen MR) is 157 cm³/mol. The molecule has 0 unspecified atom stereocenters. The third-order valence-corrected chi connectivity index (χ3v) is 6.90. The average molecular weight is 525 g/mol. The van der Waals surface area contributed by atoms with Gasteiger partial charge in [0.25, 0.3) is 0 Å². The Hall–Kier alpha value is -3.10. The average Bonchev–Trinajstić information content (AvgIpc) is 3.34. The SMILES string of the molecule is C=CNc1cc2[nH]nc(/C(=C/C=NCC)CC)c2cc1CN[C@@H]1CCCN(C/C(C=C)=C(\F)CCCF)C1. The van der Waals surface area contributed by atoms with E-state index in [1.165, 1.54) is 0 Å². The molecule has 1 aliphatic heterocycles. The first-order valence-electron chi connectivity index (χ1n) is 13.6. The van der Waals surface area contributed by atoms with Crippen molar-refractivity contribution in [2.24, 2.45) is 4.99 Å². The highest BCUT2D eigenvalue weighted by molar-refractivity contribution is 5.96. The summed E-state index contributed by atoms with van der Waals surface area (Å²) in [4.78, 5) is 6.57. The largest absolute Gasteiger partial charge is 0.362 e. The molecule has 206 valence electrons. The Bertz CT molecular complexity index is 1160. The first-order chi connectivity index (χ1) is 18.5. The number of H-pyrrole nitrogens is 1. The van der Waals surface area contributed by atoms with Gasteiger partial charge in [0, 0.05) is 55.9 Å². The van der Waals surface area contributed by atoms with Crippen LogP contribution < -0.4 is 10.6 Å². The van der Waals surface area contributed by atoms with Gasteiger partial charge in [-0.15, -0.1) is 0 Å². The van der Waals surface area contributed by atoms with Crippen LogP contribution >= 0.6 is 0 Å². The molecule has 2 aromatic rings. The molecule has 1 saturated heterocycles. The van der Waals surface area contributed by atoms with E-state index in [-0.39, 0.29) is 24.7 Å². The van der Waals surface area contributed by atoms with Gasteiger partial charge < -0.3 is 10.6 Å². The summed E-state index contributed by atoms with van der Waals surface area (Å²) in [5.74, 6) is -0.251. The van der Waals surface area contributed by atoms with Crippen molar-refractivity contribution in [3.63, 3.8) is 0 Å². The molecule has 0 aliphatic carbocycles. The Kier molecular flexibility index (Phi) is 11.9. The lowest BCUT2D eigenvalue weighted by molar-refractivity contribution is 0.203. The van der Waals surface area contributed by atoms with E-state index < -0.39 is 6.67 Å². The van der Waals surface area contributed by atoms with Crippen molar-refractivity contribution in [3.05, 3.63) is 66.3 Å². The second kappa shape index (κ2) is 15.3. The van der Waals surface area contributed by atoms with E-state index in [0.717, 1.165) is 72.3 Å². The van der Waals surface area contributed by atoms with Crippen molar-refractivity contribution in [1.29, 1.82) is 0 Å². The van der Waals surface area contributed by atoms with E-state index in [1.54, 1.807) is 12.3 Å². The maximum absolute atomic E-state index is 14.5. The number of nitrogens with one attached hydrogen (secondary N) is 3. The van der Waals surface area contributed by atoms with Gasteiger partial charge in [-0.3, -0.25) is 19.4 Å². The lowest BCUT2D eigenvalue weighted by Crippen LogP contribution is -2.46. The van der Waals surface area contributed by atoms with Crippen molar-refractivity contribution < 1.29 is 8.78 Å². The van der Waals surface area contributed by atoms with Gasteiger partial charge in [-0.25, -0.2) is 4.39 Å². The molecule has 2 heterocycles. The molecule has 0 saturated carbocycles. The molecule has 0 bridgehead atoms. The van der Waals surface area contributed by atoms with Gasteiger partial charge in [0.2, 0.25) is 0 Å². The highest BCUT2D eigenvalue weighted by atomic mass is 19.1. The van der Waals surface area contributed by atoms with Crippen LogP contribution in [0.4, 0.5) is 14.5 Å². The molecule has 1 aliphatic rings. The molecule has 1 aromatic carbocycles. The molecule has 0 spiro atoms. The highest BCUT2D eigenvalue weighted by Gasteiger charge is 2.21. The summed E-state index contributed by atoms with van der Waals surface area (Å²) in [5, 5.41) is 15.8. The van der Waals surface area contributed by atoms with Gasteiger partial charge >= 0.3 is 0 Å². The maximum Gasteiger partial charge on any atom is 0.104 e. The molecule has 1 fully saturated rings. The van der Waals surface area contributed by atoms with Crippen LogP contribution in [0.2, 0.25) is 0 Å². The fraction of sp³-hybridized carbons (Fsp3) is 0.467. The number of aromatic amines is 1. The number of benzene rings is 1. The summed E-state index contributed by atoms with van der Waals surface area (Å²) >= 11 is 0. The zero-order valence-corrected chi connectivity index (χ0v) is 22.8. The minimum atomic E-state index is -0.508. The number of alkyl halides is 1. The van der Waals surface area contributed by atoms with Crippen LogP contribution in [0.15, 0.2) is 60.0 Å². The zero-order chi connectivity index (χ0) is 27.3. The van der Waals surface area contributed by atoms with Crippen LogP contribution in [0.25, 0.3) is 16.5 Å². The van der Waals surface area contributed by atoms with Crippen LogP contribution in [0.3, 0.4) is 0 Å². The number of fused-ring (bicyclic) bond motifs is 1. The van der Waals surface area contributed by atoms with E-state index in [4.69, 9.17) is 0 Å². The van der Waals surface area contributed by atoms with Gasteiger partial charge in [-0.1, -0.05) is 26.2 Å². The molecule has 3 N–H and O–H groups in total. The number of aromatic nitrogens is 2. The van der Waals surface area contributed by atoms with Crippen LogP contribution in [-0.4, -0.2) is 60.2 Å². The molecule has 38 heavy (non-hydrogen) atoms. The molecule has 3 rings (SSSR count). The standard InChI is InChI=1S/C30H42F2N6/c1-5-22(13-15-33-7-3)30-26-17-24(28(34-8-4)18-29(26)36-37-30)19-35-25-11-10-16-38(21-25)20-23(6-2)27(32)12-9-14-31/h6,8,13,15,17-18,25,34-35H,2,4-5,7,9-12,14,16,19-21H2,1,3H3,(H,36,37)/b22-13+,27-23-,33-15?/t25-/m1/s1. The first kappa shape index (κ1) is 29.5. The molecular weight excluding hydrogens is 482 g/mol. The number of halogens is 2. The number of aliphatic imine (C=N–C) groups is 1. The molecule has 1 aromatic heterocycles. The molecule has 6 nitrogen and oxygen atoms in total. The van der Waals surface area contributed by atoms with Gasteiger partial charge in [0.1, 0.15) is 5.83 Å². The monoisotopic (exact) mass is 524 g/mol. The quantitative estimate of drug-likeness (QED) is 0.179. The van der Waals surface area contributed by atoms with Crippen molar-refractivity contribution in [2.45, 2.75) is 58.5 Å². The van der Waals surface area contributed by atoms with Gasteiger partial charge in [0.15, 0.2) is 0 Å². The van der Waals surface area contributed by atoms with Crippen molar-refractivity contribution >= 4 is 28.4 Å². The molecule has 1 atom stereocenters. The summed E-state index contributed by atoms with van der Waals surface area (Å²) in [6.07, 6.45) is 10.4. The Morgan fingerprint density at radius 2 is 2.16 bits per heavy atom. The van der Waals surface area contributed by atoms with Crippen LogP contribution in [0, 0.1) is 0 Å². The second-order valence-electron chi connectivity index (χ2n) is 9.55. The van der Waals surface area contributed by atoms with E-state index >= 15 is 0 Å². The number of piperidine rings is 1. The number of anilines is 1. The van der Waals surface area contributed by atoms with Crippen LogP contribution in [0.1, 0.15) is 57.2 Å². The third kappa shape index (κ3) is 7.95. The number of rotatable bonds is 15. The minimum absolute atomic E-state index is 0.130. The van der Waals surface area contributed by atoms with Crippen LogP contribution in [-0.2, 0) is 6.54 Å². The first-order valence-corrected chi connectivity index (χ1v) is 13.6. The van der Waals surface area contributed by atoms with Crippen molar-refractivity contribution in [2.75, 3.05) is 38.2 Å². The number of hydrogen-bond donors (Lipinski definition) is 3. The van der Waals surface area contributed by atoms with Crippen molar-refractivity contribution in [1.82, 2.24) is 20.4 Å². The van der Waals surface area contributed by atoms with E-state index in [0.29, 0.717) is 18.7 Å². The molecule has 8 heteroatoms. The zero-order valence-electron chi connectivity index (χ0n) is 22.8. The summed E-state index contributed by atoms with van der Waals surface area (Å²) in [6.45, 7) is 14.9. The molecule has 0 radical (unpaired) electrons. The Labute approximate surface area is 225 Å². The third-order valence-electron chi connectivity index (χ3n) is 6.90. The fourth-order valence-electron chi connectivity index (χ4n) is 4.86. The second-order valence-corrected chi connectivity index (χ2v) is 9.55. The van der Waals surface area contributed by atoms with E-state index in [2.05, 4.69) is 62.9 Å². The van der Waals surface area contributed by atoms with Gasteiger partial charge in [-0.2, -0.15) is 5.10 Å². The van der Waals surface area contributed by atoms with Gasteiger partial charge in [-0.05, 0) is 80.3 Å². The summed E-state index contributed by atoms with van der Waals surface area (Å²) < 4.78 is 26.9. The topological polar surface area (TPSA) is 68.3 Å². The predicted octanol–water partition coefficient (Wildman–Crippen LogP) is 6.72. The number of hydrogen-bond acceptors (Lipinski definition) is 5. The summed E-state index contributed by atoms with van der Waals surface area (Å²) in [6, 6.07) is 4.54. The van der Waals surface area contributed by atoms with Gasteiger partial charge in [0.05, 0.1) is 17.9 Å². The summed E-state index contributed by atoms with van der Waals surface area (Å²) in [7, 11) is 0. The minimum Gasteiger partial charge on any atom is -0.362 e. The Balaban J connectivity index is 1.76. The number of nitrogens with zero attached hydrogens (tertiary/aromatic N) is 3. The Morgan fingerprint density at radius 1 is 1.32 bits per heavy atom. The van der Waals surface area contributed by atoms with Crippen LogP contribution in [0.5, 0.6) is 0 Å². The number of likely N-dealkylation sites (tertiary alicyclic amines) is 1. The van der Waals surface area contributed by atoms with E-state index in [1.807, 2.05) is 19.2 Å².